The van der Waals surface area contributed by atoms with Gasteiger partial charge in [0.15, 0.2) is 0 Å². The van der Waals surface area contributed by atoms with E-state index in [0.717, 1.165) is 32.5 Å². The Kier molecular flexibility index (Phi) is 23.6. The van der Waals surface area contributed by atoms with Gasteiger partial charge in [-0.3, -0.25) is 0 Å². The zero-order valence-electron chi connectivity index (χ0n) is 21.1. The van der Waals surface area contributed by atoms with Gasteiger partial charge in [0, 0.05) is 6.61 Å². The van der Waals surface area contributed by atoms with Gasteiger partial charge in [-0.2, -0.15) is 0 Å². The van der Waals surface area contributed by atoms with E-state index in [2.05, 4.69) is 12.2 Å². The van der Waals surface area contributed by atoms with Crippen LogP contribution in [0.4, 0.5) is 0 Å². The molecular formula is C26H53NO5. The molecule has 0 aromatic rings. The van der Waals surface area contributed by atoms with Crippen molar-refractivity contribution in [1.82, 2.24) is 5.32 Å². The maximum Gasteiger partial charge on any atom is 0.0704 e. The number of rotatable bonds is 25. The van der Waals surface area contributed by atoms with Gasteiger partial charge in [-0.05, 0) is 32.4 Å². The molecule has 192 valence electrons. The summed E-state index contributed by atoms with van der Waals surface area (Å²) >= 11 is 0. The summed E-state index contributed by atoms with van der Waals surface area (Å²) in [7, 11) is 0. The molecule has 0 aromatic heterocycles. The maximum absolute atomic E-state index is 5.79. The van der Waals surface area contributed by atoms with Crippen LogP contribution in [0.5, 0.6) is 0 Å². The first kappa shape index (κ1) is 29.8. The van der Waals surface area contributed by atoms with Gasteiger partial charge in [0.1, 0.15) is 0 Å². The second-order valence-corrected chi connectivity index (χ2v) is 8.81. The third-order valence-electron chi connectivity index (χ3n) is 5.88. The van der Waals surface area contributed by atoms with Crippen molar-refractivity contribution in [1.29, 1.82) is 0 Å². The van der Waals surface area contributed by atoms with E-state index in [-0.39, 0.29) is 0 Å². The first-order valence-corrected chi connectivity index (χ1v) is 13.6. The van der Waals surface area contributed by atoms with Gasteiger partial charge in [-0.15, -0.1) is 0 Å². The molecule has 0 aliphatic carbocycles. The van der Waals surface area contributed by atoms with Crippen molar-refractivity contribution in [3.8, 4) is 0 Å². The van der Waals surface area contributed by atoms with Crippen LogP contribution < -0.4 is 5.32 Å². The van der Waals surface area contributed by atoms with Gasteiger partial charge in [0.2, 0.25) is 0 Å². The average molecular weight is 460 g/mol. The zero-order valence-corrected chi connectivity index (χ0v) is 21.1. The topological polar surface area (TPSA) is 58.2 Å². The van der Waals surface area contributed by atoms with Crippen molar-refractivity contribution in [2.75, 3.05) is 72.6 Å². The summed E-state index contributed by atoms with van der Waals surface area (Å²) in [5.74, 6) is 0. The number of hydrogen-bond donors (Lipinski definition) is 1. The van der Waals surface area contributed by atoms with Crippen molar-refractivity contribution in [3.63, 3.8) is 0 Å². The minimum atomic E-state index is 0.400. The molecule has 1 aliphatic rings. The maximum atomic E-state index is 5.79. The molecule has 0 aromatic carbocycles. The highest BCUT2D eigenvalue weighted by atomic mass is 16.6. The second kappa shape index (κ2) is 25.4. The Bertz CT molecular complexity index is 353. The third kappa shape index (κ3) is 21.6. The number of nitrogens with one attached hydrogen (secondary N) is 1. The fourth-order valence-electron chi connectivity index (χ4n) is 3.87. The second-order valence-electron chi connectivity index (χ2n) is 8.81. The first-order valence-electron chi connectivity index (χ1n) is 13.6. The summed E-state index contributed by atoms with van der Waals surface area (Å²) in [6, 6.07) is 0. The normalized spacial score (nSPS) is 14.9. The van der Waals surface area contributed by atoms with Crippen LogP contribution in [-0.4, -0.2) is 78.7 Å². The first-order chi connectivity index (χ1) is 15.9. The van der Waals surface area contributed by atoms with E-state index in [4.69, 9.17) is 23.7 Å². The molecule has 0 bridgehead atoms. The van der Waals surface area contributed by atoms with Crippen molar-refractivity contribution in [2.24, 2.45) is 0 Å². The van der Waals surface area contributed by atoms with E-state index in [0.29, 0.717) is 59.0 Å². The lowest BCUT2D eigenvalue weighted by Crippen LogP contribution is -2.33. The molecule has 1 fully saturated rings. The fourth-order valence-corrected chi connectivity index (χ4v) is 3.87. The molecule has 6 heteroatoms. The lowest BCUT2D eigenvalue weighted by molar-refractivity contribution is -0.0280. The molecule has 0 amide bonds. The van der Waals surface area contributed by atoms with E-state index >= 15 is 0 Å². The molecule has 1 heterocycles. The quantitative estimate of drug-likeness (QED) is 0.191. The highest BCUT2D eigenvalue weighted by molar-refractivity contribution is 4.67. The molecule has 1 aliphatic heterocycles. The van der Waals surface area contributed by atoms with Crippen LogP contribution in [0.2, 0.25) is 0 Å². The molecule has 6 nitrogen and oxygen atoms in total. The van der Waals surface area contributed by atoms with Crippen LogP contribution in [0.25, 0.3) is 0 Å². The third-order valence-corrected chi connectivity index (χ3v) is 5.88. The molecule has 0 unspecified atom stereocenters. The average Bonchev–Trinajstić information content (AvgIpc) is 2.82. The summed E-state index contributed by atoms with van der Waals surface area (Å²) < 4.78 is 28.0. The molecule has 0 saturated carbocycles. The van der Waals surface area contributed by atoms with Crippen LogP contribution in [-0.2, 0) is 23.7 Å². The number of piperidine rings is 1. The summed E-state index contributed by atoms with van der Waals surface area (Å²) in [6.07, 6.45) is 17.7. The zero-order chi connectivity index (χ0) is 22.8. The van der Waals surface area contributed by atoms with Gasteiger partial charge in [0.05, 0.1) is 59.0 Å². The Labute approximate surface area is 198 Å². The Morgan fingerprint density at radius 3 is 1.41 bits per heavy atom. The molecule has 1 rings (SSSR count). The monoisotopic (exact) mass is 459 g/mol. The number of ether oxygens (including phenoxy) is 5. The summed E-state index contributed by atoms with van der Waals surface area (Å²) in [4.78, 5) is 0. The van der Waals surface area contributed by atoms with E-state index in [1.165, 1.54) is 70.6 Å². The Morgan fingerprint density at radius 1 is 0.500 bits per heavy atom. The molecular weight excluding hydrogens is 406 g/mol. The molecule has 0 radical (unpaired) electrons. The lowest BCUT2D eigenvalue weighted by atomic mass is 10.1. The van der Waals surface area contributed by atoms with Crippen LogP contribution in [0, 0.1) is 0 Å². The van der Waals surface area contributed by atoms with Gasteiger partial charge in [-0.1, -0.05) is 71.1 Å². The number of unbranched alkanes of at least 4 members (excludes halogenated alkanes) is 10. The molecule has 32 heavy (non-hydrogen) atoms. The van der Waals surface area contributed by atoms with Crippen molar-refractivity contribution < 1.29 is 23.7 Å². The van der Waals surface area contributed by atoms with Gasteiger partial charge < -0.3 is 29.0 Å². The number of hydrogen-bond acceptors (Lipinski definition) is 6. The summed E-state index contributed by atoms with van der Waals surface area (Å²) in [6.45, 7) is 10.3. The van der Waals surface area contributed by atoms with Crippen molar-refractivity contribution in [3.05, 3.63) is 0 Å². The minimum absolute atomic E-state index is 0.400. The minimum Gasteiger partial charge on any atom is -0.379 e. The summed E-state index contributed by atoms with van der Waals surface area (Å²) in [5, 5.41) is 3.34. The van der Waals surface area contributed by atoms with E-state index in [1.54, 1.807) is 0 Å². The molecule has 1 saturated heterocycles. The molecule has 1 N–H and O–H groups in total. The molecule has 0 spiro atoms. The van der Waals surface area contributed by atoms with E-state index < -0.39 is 0 Å². The molecule has 0 atom stereocenters. The standard InChI is InChI=1S/C26H53NO5/c1-2-3-4-5-6-7-8-9-10-11-12-17-28-18-19-29-20-21-30-22-23-31-24-25-32-26-13-15-27-16-14-26/h26-27H,2-25H2,1H3. The largest absolute Gasteiger partial charge is 0.379 e. The van der Waals surface area contributed by atoms with Crippen LogP contribution in [0.3, 0.4) is 0 Å². The van der Waals surface area contributed by atoms with Crippen LogP contribution in [0.1, 0.15) is 90.4 Å². The van der Waals surface area contributed by atoms with Gasteiger partial charge >= 0.3 is 0 Å². The van der Waals surface area contributed by atoms with E-state index in [9.17, 15) is 0 Å². The smallest absolute Gasteiger partial charge is 0.0704 e. The fraction of sp³-hybridized carbons (Fsp3) is 1.00. The highest BCUT2D eigenvalue weighted by Crippen LogP contribution is 2.11. The Morgan fingerprint density at radius 2 is 0.906 bits per heavy atom. The van der Waals surface area contributed by atoms with Gasteiger partial charge in [0.25, 0.3) is 0 Å². The Balaban J connectivity index is 1.62. The Hall–Kier alpha value is -0.240. The van der Waals surface area contributed by atoms with E-state index in [1.807, 2.05) is 0 Å². The highest BCUT2D eigenvalue weighted by Gasteiger charge is 2.12. The van der Waals surface area contributed by atoms with Crippen molar-refractivity contribution in [2.45, 2.75) is 96.5 Å². The predicted octanol–water partition coefficient (Wildman–Crippen LogP) is 5.13. The van der Waals surface area contributed by atoms with Crippen LogP contribution in [0.15, 0.2) is 0 Å². The van der Waals surface area contributed by atoms with Crippen molar-refractivity contribution >= 4 is 0 Å². The SMILES string of the molecule is CCCCCCCCCCCCCOCCOCCOCCOCCOC1CCNCC1. The summed E-state index contributed by atoms with van der Waals surface area (Å²) in [5.41, 5.74) is 0. The lowest BCUT2D eigenvalue weighted by Gasteiger charge is -2.22. The predicted molar refractivity (Wildman–Crippen MR) is 132 cm³/mol. The van der Waals surface area contributed by atoms with Crippen LogP contribution >= 0.6 is 0 Å². The van der Waals surface area contributed by atoms with Gasteiger partial charge in [-0.25, -0.2) is 0 Å².